The summed E-state index contributed by atoms with van der Waals surface area (Å²) in [5.41, 5.74) is 1.15. The van der Waals surface area contributed by atoms with Gasteiger partial charge in [-0.05, 0) is 24.8 Å². The Morgan fingerprint density at radius 2 is 1.85 bits per heavy atom. The molecule has 0 aliphatic carbocycles. The molecule has 0 radical (unpaired) electrons. The molecule has 0 aliphatic rings. The molecule has 0 aromatic heterocycles. The molecule has 1 aromatic rings. The van der Waals surface area contributed by atoms with Crippen LogP contribution in [0.4, 0.5) is 0 Å². The molecule has 0 spiro atoms. The second-order valence-corrected chi connectivity index (χ2v) is 3.21. The van der Waals surface area contributed by atoms with Crippen LogP contribution in [0.15, 0.2) is 30.3 Å². The van der Waals surface area contributed by atoms with Gasteiger partial charge in [0.15, 0.2) is 0 Å². The summed E-state index contributed by atoms with van der Waals surface area (Å²) in [6.07, 6.45) is 1.70. The maximum atomic E-state index is 9.52. The molecule has 1 rings (SSSR count). The summed E-state index contributed by atoms with van der Waals surface area (Å²) in [4.78, 5) is 0. The lowest BCUT2D eigenvalue weighted by Crippen LogP contribution is -2.10. The zero-order valence-corrected chi connectivity index (χ0v) is 7.69. The van der Waals surface area contributed by atoms with Crippen molar-refractivity contribution in [2.45, 2.75) is 25.4 Å². The van der Waals surface area contributed by atoms with Crippen LogP contribution in [0.25, 0.3) is 0 Å². The van der Waals surface area contributed by atoms with E-state index in [0.29, 0.717) is 19.3 Å². The average Bonchev–Trinajstić information content (AvgIpc) is 2.16. The highest BCUT2D eigenvalue weighted by Crippen LogP contribution is 2.06. The summed E-state index contributed by atoms with van der Waals surface area (Å²) >= 11 is 0. The molecule has 0 aliphatic heterocycles. The van der Waals surface area contributed by atoms with E-state index in [9.17, 15) is 5.11 Å². The lowest BCUT2D eigenvalue weighted by molar-refractivity contribution is 0.150. The average molecular weight is 180 g/mol. The molecule has 2 N–H and O–H groups in total. The molecular weight excluding hydrogens is 164 g/mol. The Balaban J connectivity index is 2.32. The van der Waals surface area contributed by atoms with Gasteiger partial charge in [-0.2, -0.15) is 0 Å². The number of rotatable bonds is 5. The molecule has 0 saturated heterocycles. The van der Waals surface area contributed by atoms with Gasteiger partial charge in [0.1, 0.15) is 0 Å². The molecule has 0 amide bonds. The summed E-state index contributed by atoms with van der Waals surface area (Å²) in [5.74, 6) is 0. The van der Waals surface area contributed by atoms with Crippen LogP contribution in [-0.2, 0) is 6.42 Å². The van der Waals surface area contributed by atoms with Crippen LogP contribution in [0.1, 0.15) is 18.4 Å². The summed E-state index contributed by atoms with van der Waals surface area (Å²) in [6.45, 7) is 0.159. The summed E-state index contributed by atoms with van der Waals surface area (Å²) < 4.78 is 0. The highest BCUT2D eigenvalue weighted by molar-refractivity contribution is 5.15. The van der Waals surface area contributed by atoms with Crippen molar-refractivity contribution in [2.24, 2.45) is 0 Å². The van der Waals surface area contributed by atoms with Gasteiger partial charge in [-0.3, -0.25) is 0 Å². The van der Waals surface area contributed by atoms with E-state index in [1.165, 1.54) is 0 Å². The quantitative estimate of drug-likeness (QED) is 0.718. The number of hydrogen-bond donors (Lipinski definition) is 2. The van der Waals surface area contributed by atoms with Crippen LogP contribution < -0.4 is 0 Å². The molecule has 1 unspecified atom stereocenters. The molecule has 0 saturated carbocycles. The maximum Gasteiger partial charge on any atom is 0.0581 e. The Labute approximate surface area is 78.8 Å². The predicted molar refractivity (Wildman–Crippen MR) is 52.5 cm³/mol. The van der Waals surface area contributed by atoms with E-state index in [0.717, 1.165) is 5.56 Å². The fourth-order valence-electron chi connectivity index (χ4n) is 1.32. The van der Waals surface area contributed by atoms with Gasteiger partial charge in [-0.25, -0.2) is 0 Å². The molecular formula is C11H16O2. The Kier molecular flexibility index (Phi) is 4.50. The Morgan fingerprint density at radius 1 is 1.15 bits per heavy atom. The normalized spacial score (nSPS) is 12.8. The Morgan fingerprint density at radius 3 is 2.46 bits per heavy atom. The van der Waals surface area contributed by atoms with Crippen molar-refractivity contribution in [2.75, 3.05) is 6.61 Å². The molecule has 0 bridgehead atoms. The molecule has 72 valence electrons. The lowest BCUT2D eigenvalue weighted by Gasteiger charge is -2.08. The third-order valence-corrected chi connectivity index (χ3v) is 2.01. The molecule has 1 atom stereocenters. The van der Waals surface area contributed by atoms with E-state index < -0.39 is 0 Å². The first kappa shape index (κ1) is 10.2. The van der Waals surface area contributed by atoms with Gasteiger partial charge in [0.05, 0.1) is 6.10 Å². The van der Waals surface area contributed by atoms with Crippen molar-refractivity contribution in [1.29, 1.82) is 0 Å². The van der Waals surface area contributed by atoms with Crippen LogP contribution >= 0.6 is 0 Å². The van der Waals surface area contributed by atoms with Gasteiger partial charge in [-0.15, -0.1) is 0 Å². The Hall–Kier alpha value is -0.860. The predicted octanol–water partition coefficient (Wildman–Crippen LogP) is 1.36. The second kappa shape index (κ2) is 5.73. The maximum absolute atomic E-state index is 9.52. The van der Waals surface area contributed by atoms with Gasteiger partial charge in [0, 0.05) is 6.61 Å². The van der Waals surface area contributed by atoms with Gasteiger partial charge in [0.25, 0.3) is 0 Å². The molecule has 1 aromatic carbocycles. The highest BCUT2D eigenvalue weighted by Gasteiger charge is 2.03. The minimum atomic E-state index is -0.324. The molecule has 2 nitrogen and oxygen atoms in total. The van der Waals surface area contributed by atoms with Crippen LogP contribution in [0.3, 0.4) is 0 Å². The summed E-state index contributed by atoms with van der Waals surface area (Å²) in [5, 5.41) is 18.1. The van der Waals surface area contributed by atoms with Crippen LogP contribution in [-0.4, -0.2) is 22.9 Å². The van der Waals surface area contributed by atoms with Crippen molar-refractivity contribution in [1.82, 2.24) is 0 Å². The van der Waals surface area contributed by atoms with Gasteiger partial charge in [0.2, 0.25) is 0 Å². The fraction of sp³-hybridized carbons (Fsp3) is 0.455. The number of hydrogen-bond acceptors (Lipinski definition) is 2. The van der Waals surface area contributed by atoms with E-state index >= 15 is 0 Å². The second-order valence-electron chi connectivity index (χ2n) is 3.21. The van der Waals surface area contributed by atoms with Crippen molar-refractivity contribution in [3.8, 4) is 0 Å². The van der Waals surface area contributed by atoms with E-state index in [1.54, 1.807) is 0 Å². The van der Waals surface area contributed by atoms with Gasteiger partial charge < -0.3 is 10.2 Å². The molecule has 0 fully saturated rings. The number of aliphatic hydroxyl groups excluding tert-OH is 2. The van der Waals surface area contributed by atoms with E-state index in [-0.39, 0.29) is 12.7 Å². The first-order chi connectivity index (χ1) is 6.33. The van der Waals surface area contributed by atoms with Gasteiger partial charge >= 0.3 is 0 Å². The van der Waals surface area contributed by atoms with Crippen LogP contribution in [0.5, 0.6) is 0 Å². The molecule has 0 heterocycles. The van der Waals surface area contributed by atoms with Crippen LogP contribution in [0, 0.1) is 0 Å². The minimum absolute atomic E-state index is 0.159. The summed E-state index contributed by atoms with van der Waals surface area (Å²) in [7, 11) is 0. The van der Waals surface area contributed by atoms with Crippen molar-refractivity contribution in [3.63, 3.8) is 0 Å². The van der Waals surface area contributed by atoms with Crippen molar-refractivity contribution < 1.29 is 10.2 Å². The third kappa shape index (κ3) is 4.06. The van der Waals surface area contributed by atoms with E-state index in [1.807, 2.05) is 30.3 Å². The summed E-state index contributed by atoms with van der Waals surface area (Å²) in [6, 6.07) is 9.90. The highest BCUT2D eigenvalue weighted by atomic mass is 16.3. The van der Waals surface area contributed by atoms with Crippen LogP contribution in [0.2, 0.25) is 0 Å². The Bertz CT molecular complexity index is 221. The fourth-order valence-corrected chi connectivity index (χ4v) is 1.32. The monoisotopic (exact) mass is 180 g/mol. The van der Waals surface area contributed by atoms with Crippen molar-refractivity contribution >= 4 is 0 Å². The molecule has 2 heteroatoms. The molecule has 13 heavy (non-hydrogen) atoms. The standard InChI is InChI=1S/C11H16O2/c12-8-4-7-11(13)9-10-5-2-1-3-6-10/h1-3,5-6,11-13H,4,7-9H2. The zero-order chi connectivity index (χ0) is 9.52. The lowest BCUT2D eigenvalue weighted by atomic mass is 10.0. The van der Waals surface area contributed by atoms with E-state index in [4.69, 9.17) is 5.11 Å². The largest absolute Gasteiger partial charge is 0.396 e. The SMILES string of the molecule is OCCCC(O)Cc1ccccc1. The zero-order valence-electron chi connectivity index (χ0n) is 7.69. The van der Waals surface area contributed by atoms with Crippen molar-refractivity contribution in [3.05, 3.63) is 35.9 Å². The first-order valence-corrected chi connectivity index (χ1v) is 4.66. The number of benzene rings is 1. The topological polar surface area (TPSA) is 40.5 Å². The first-order valence-electron chi connectivity index (χ1n) is 4.66. The smallest absolute Gasteiger partial charge is 0.0581 e. The minimum Gasteiger partial charge on any atom is -0.396 e. The third-order valence-electron chi connectivity index (χ3n) is 2.01. The number of aliphatic hydroxyl groups is 2. The van der Waals surface area contributed by atoms with Gasteiger partial charge in [-0.1, -0.05) is 30.3 Å². The van der Waals surface area contributed by atoms with E-state index in [2.05, 4.69) is 0 Å².